The zero-order chi connectivity index (χ0) is 13.8. The fraction of sp³-hybridized carbons (Fsp3) is 0.438. The smallest absolute Gasteiger partial charge is 0.328 e. The van der Waals surface area contributed by atoms with E-state index in [4.69, 9.17) is 4.74 Å². The second kappa shape index (κ2) is 5.91. The van der Waals surface area contributed by atoms with Gasteiger partial charge in [-0.3, -0.25) is 0 Å². The number of ether oxygens (including phenoxy) is 1. The minimum Gasteiger partial charge on any atom is -0.467 e. The van der Waals surface area contributed by atoms with E-state index < -0.39 is 0 Å². The maximum atomic E-state index is 12.1. The van der Waals surface area contributed by atoms with Gasteiger partial charge in [-0.05, 0) is 30.9 Å². The standard InChI is InChI=1S/C16H21NO2/c1-4-5-9-15(16(18)19-3)17-12(2)11-13-8-6-7-10-14(13)17/h6-8,10-11,15H,4-5,9H2,1-3H3. The molecule has 1 aromatic heterocycles. The third-order valence-electron chi connectivity index (χ3n) is 3.56. The fourth-order valence-electron chi connectivity index (χ4n) is 2.61. The zero-order valence-corrected chi connectivity index (χ0v) is 11.8. The molecule has 102 valence electrons. The lowest BCUT2D eigenvalue weighted by Crippen LogP contribution is -2.21. The Morgan fingerprint density at radius 1 is 1.37 bits per heavy atom. The summed E-state index contributed by atoms with van der Waals surface area (Å²) in [6.45, 7) is 4.18. The zero-order valence-electron chi connectivity index (χ0n) is 11.8. The van der Waals surface area contributed by atoms with Crippen LogP contribution in [0.15, 0.2) is 30.3 Å². The fourth-order valence-corrected chi connectivity index (χ4v) is 2.61. The molecule has 0 saturated carbocycles. The van der Waals surface area contributed by atoms with E-state index in [9.17, 15) is 4.79 Å². The number of benzene rings is 1. The van der Waals surface area contributed by atoms with Crippen molar-refractivity contribution >= 4 is 16.9 Å². The SMILES string of the molecule is CCCCC(C(=O)OC)n1c(C)cc2ccccc21. The number of hydrogen-bond acceptors (Lipinski definition) is 2. The summed E-state index contributed by atoms with van der Waals surface area (Å²) in [7, 11) is 1.46. The van der Waals surface area contributed by atoms with Crippen molar-refractivity contribution in [2.24, 2.45) is 0 Å². The van der Waals surface area contributed by atoms with E-state index in [1.54, 1.807) is 0 Å². The van der Waals surface area contributed by atoms with Crippen LogP contribution in [-0.4, -0.2) is 17.6 Å². The number of aryl methyl sites for hydroxylation is 1. The molecule has 3 heteroatoms. The minimum atomic E-state index is -0.218. The van der Waals surface area contributed by atoms with Crippen LogP contribution < -0.4 is 0 Å². The molecule has 19 heavy (non-hydrogen) atoms. The van der Waals surface area contributed by atoms with Gasteiger partial charge in [0, 0.05) is 11.2 Å². The van der Waals surface area contributed by atoms with E-state index in [1.165, 1.54) is 12.5 Å². The molecule has 0 amide bonds. The average molecular weight is 259 g/mol. The van der Waals surface area contributed by atoms with Crippen molar-refractivity contribution in [2.45, 2.75) is 39.2 Å². The number of fused-ring (bicyclic) bond motifs is 1. The highest BCUT2D eigenvalue weighted by atomic mass is 16.5. The van der Waals surface area contributed by atoms with E-state index in [-0.39, 0.29) is 12.0 Å². The monoisotopic (exact) mass is 259 g/mol. The Kier molecular flexibility index (Phi) is 4.25. The molecule has 3 nitrogen and oxygen atoms in total. The molecule has 0 aliphatic heterocycles. The molecule has 0 radical (unpaired) electrons. The molecule has 1 unspecified atom stereocenters. The van der Waals surface area contributed by atoms with Gasteiger partial charge in [0.1, 0.15) is 6.04 Å². The molecule has 0 aliphatic rings. The van der Waals surface area contributed by atoms with Crippen LogP contribution >= 0.6 is 0 Å². The van der Waals surface area contributed by atoms with Crippen LogP contribution in [0.3, 0.4) is 0 Å². The molecular formula is C16H21NO2. The Morgan fingerprint density at radius 2 is 2.11 bits per heavy atom. The molecule has 1 heterocycles. The Morgan fingerprint density at radius 3 is 2.79 bits per heavy atom. The van der Waals surface area contributed by atoms with Crippen molar-refractivity contribution in [3.05, 3.63) is 36.0 Å². The van der Waals surface area contributed by atoms with Gasteiger partial charge < -0.3 is 9.30 Å². The number of carbonyl (C=O) groups is 1. The van der Waals surface area contributed by atoms with Gasteiger partial charge in [-0.2, -0.15) is 0 Å². The topological polar surface area (TPSA) is 31.2 Å². The number of esters is 1. The van der Waals surface area contributed by atoms with Gasteiger partial charge in [0.2, 0.25) is 0 Å². The van der Waals surface area contributed by atoms with Crippen LogP contribution in [0.1, 0.15) is 37.9 Å². The van der Waals surface area contributed by atoms with Crippen molar-refractivity contribution in [1.82, 2.24) is 4.57 Å². The first-order chi connectivity index (χ1) is 9.19. The lowest BCUT2D eigenvalue weighted by molar-refractivity contribution is -0.144. The third-order valence-corrected chi connectivity index (χ3v) is 3.56. The summed E-state index contributed by atoms with van der Waals surface area (Å²) in [6.07, 6.45) is 2.92. The van der Waals surface area contributed by atoms with E-state index in [2.05, 4.69) is 29.7 Å². The van der Waals surface area contributed by atoms with E-state index in [0.717, 1.165) is 30.5 Å². The van der Waals surface area contributed by atoms with Gasteiger partial charge >= 0.3 is 5.97 Å². The number of aromatic nitrogens is 1. The van der Waals surface area contributed by atoms with Gasteiger partial charge in [0.25, 0.3) is 0 Å². The van der Waals surface area contributed by atoms with E-state index >= 15 is 0 Å². The highest BCUT2D eigenvalue weighted by molar-refractivity contribution is 5.84. The maximum Gasteiger partial charge on any atom is 0.328 e. The van der Waals surface area contributed by atoms with E-state index in [1.807, 2.05) is 19.1 Å². The molecule has 0 fully saturated rings. The third kappa shape index (κ3) is 2.65. The highest BCUT2D eigenvalue weighted by Crippen LogP contribution is 2.27. The summed E-state index contributed by atoms with van der Waals surface area (Å²) in [6, 6.07) is 10.1. The van der Waals surface area contributed by atoms with Crippen LogP contribution in [0.5, 0.6) is 0 Å². The molecule has 0 bridgehead atoms. The first kappa shape index (κ1) is 13.7. The number of carbonyl (C=O) groups excluding carboxylic acids is 1. The number of hydrogen-bond donors (Lipinski definition) is 0. The first-order valence-electron chi connectivity index (χ1n) is 6.83. The largest absolute Gasteiger partial charge is 0.467 e. The van der Waals surface area contributed by atoms with Crippen molar-refractivity contribution in [3.8, 4) is 0 Å². The van der Waals surface area contributed by atoms with Gasteiger partial charge in [-0.25, -0.2) is 4.79 Å². The second-order valence-corrected chi connectivity index (χ2v) is 4.90. The summed E-state index contributed by atoms with van der Waals surface area (Å²) in [5.41, 5.74) is 2.21. The summed E-state index contributed by atoms with van der Waals surface area (Å²) >= 11 is 0. The lowest BCUT2D eigenvalue weighted by Gasteiger charge is -2.19. The lowest BCUT2D eigenvalue weighted by atomic mass is 10.1. The van der Waals surface area contributed by atoms with Crippen LogP contribution in [0, 0.1) is 6.92 Å². The highest BCUT2D eigenvalue weighted by Gasteiger charge is 2.23. The summed E-state index contributed by atoms with van der Waals surface area (Å²) in [5, 5.41) is 1.17. The summed E-state index contributed by atoms with van der Waals surface area (Å²) < 4.78 is 7.09. The summed E-state index contributed by atoms with van der Waals surface area (Å²) in [5.74, 6) is -0.155. The predicted octanol–water partition coefficient (Wildman–Crippen LogP) is 3.85. The molecule has 1 atom stereocenters. The van der Waals surface area contributed by atoms with Crippen molar-refractivity contribution in [1.29, 1.82) is 0 Å². The van der Waals surface area contributed by atoms with Crippen molar-refractivity contribution in [2.75, 3.05) is 7.11 Å². The molecule has 0 spiro atoms. The maximum absolute atomic E-state index is 12.1. The average Bonchev–Trinajstić information content (AvgIpc) is 2.75. The number of methoxy groups -OCH3 is 1. The summed E-state index contributed by atoms with van der Waals surface area (Å²) in [4.78, 5) is 12.1. The Labute approximate surface area is 114 Å². The van der Waals surface area contributed by atoms with Crippen LogP contribution in [0.2, 0.25) is 0 Å². The molecule has 0 saturated heterocycles. The number of rotatable bonds is 5. The number of para-hydroxylation sites is 1. The molecule has 1 aromatic carbocycles. The Balaban J connectivity index is 2.48. The van der Waals surface area contributed by atoms with Crippen LogP contribution in [0.25, 0.3) is 10.9 Å². The van der Waals surface area contributed by atoms with Crippen molar-refractivity contribution < 1.29 is 9.53 Å². The Bertz CT molecular complexity index is 571. The Hall–Kier alpha value is -1.77. The minimum absolute atomic E-state index is 0.155. The number of unbranched alkanes of at least 4 members (excludes halogenated alkanes) is 1. The molecular weight excluding hydrogens is 238 g/mol. The molecule has 0 aliphatic carbocycles. The van der Waals surface area contributed by atoms with E-state index in [0.29, 0.717) is 0 Å². The van der Waals surface area contributed by atoms with Gasteiger partial charge in [0.05, 0.1) is 7.11 Å². The predicted molar refractivity (Wildman–Crippen MR) is 77.3 cm³/mol. The normalized spacial score (nSPS) is 12.6. The quantitative estimate of drug-likeness (QED) is 0.764. The molecule has 2 aromatic rings. The second-order valence-electron chi connectivity index (χ2n) is 4.90. The van der Waals surface area contributed by atoms with Gasteiger partial charge in [-0.1, -0.05) is 38.0 Å². The van der Waals surface area contributed by atoms with Gasteiger partial charge in [0.15, 0.2) is 0 Å². The molecule has 2 rings (SSSR count). The van der Waals surface area contributed by atoms with Crippen LogP contribution in [0.4, 0.5) is 0 Å². The first-order valence-corrected chi connectivity index (χ1v) is 6.83. The van der Waals surface area contributed by atoms with Crippen LogP contribution in [-0.2, 0) is 9.53 Å². The van der Waals surface area contributed by atoms with Crippen molar-refractivity contribution in [3.63, 3.8) is 0 Å². The molecule has 0 N–H and O–H groups in total. The number of nitrogens with zero attached hydrogens (tertiary/aromatic N) is 1. The van der Waals surface area contributed by atoms with Gasteiger partial charge in [-0.15, -0.1) is 0 Å².